The second-order valence-electron chi connectivity index (χ2n) is 10.1. The molecule has 0 atom stereocenters. The lowest BCUT2D eigenvalue weighted by molar-refractivity contribution is 0.0378. The summed E-state index contributed by atoms with van der Waals surface area (Å²) in [5.74, 6) is 0.130. The predicted molar refractivity (Wildman–Crippen MR) is 152 cm³/mol. The Labute approximate surface area is 227 Å². The van der Waals surface area contributed by atoms with Gasteiger partial charge in [0.1, 0.15) is 10.8 Å². The predicted octanol–water partition coefficient (Wildman–Crippen LogP) is 7.45. The molecule has 0 saturated heterocycles. The van der Waals surface area contributed by atoms with Gasteiger partial charge in [-0.2, -0.15) is 0 Å². The number of carbonyl (C=O) groups is 2. The van der Waals surface area contributed by atoms with Crippen molar-refractivity contribution in [3.05, 3.63) is 76.2 Å². The molecule has 0 aliphatic heterocycles. The molecule has 7 heteroatoms. The number of para-hydroxylation sites is 1. The van der Waals surface area contributed by atoms with Crippen LogP contribution in [-0.4, -0.2) is 29.1 Å². The number of aromatic nitrogens is 1. The van der Waals surface area contributed by atoms with Gasteiger partial charge in [0.25, 0.3) is 5.91 Å². The largest absolute Gasteiger partial charge is 0.491 e. The Hall–Kier alpha value is -3.71. The molecule has 1 amide bonds. The summed E-state index contributed by atoms with van der Waals surface area (Å²) >= 11 is 1.49. The van der Waals surface area contributed by atoms with Gasteiger partial charge in [0.05, 0.1) is 34.5 Å². The van der Waals surface area contributed by atoms with E-state index in [0.717, 1.165) is 58.3 Å². The van der Waals surface area contributed by atoms with Gasteiger partial charge in [0, 0.05) is 15.8 Å². The Bertz CT molecular complexity index is 1490. The lowest BCUT2D eigenvalue weighted by Crippen LogP contribution is -2.18. The van der Waals surface area contributed by atoms with E-state index < -0.39 is 0 Å². The first-order valence-electron chi connectivity index (χ1n) is 13.1. The summed E-state index contributed by atoms with van der Waals surface area (Å²) in [5, 5.41) is 4.38. The normalized spacial score (nSPS) is 13.0. The highest BCUT2D eigenvalue weighted by atomic mass is 32.1. The molecule has 196 valence electrons. The van der Waals surface area contributed by atoms with E-state index >= 15 is 0 Å². The van der Waals surface area contributed by atoms with Crippen molar-refractivity contribution in [2.45, 2.75) is 65.6 Å². The monoisotopic (exact) mass is 528 g/mol. The molecule has 6 nitrogen and oxygen atoms in total. The van der Waals surface area contributed by atoms with E-state index in [1.54, 1.807) is 0 Å². The molecule has 5 rings (SSSR count). The molecule has 1 aliphatic carbocycles. The van der Waals surface area contributed by atoms with Crippen LogP contribution < -0.4 is 10.1 Å². The van der Waals surface area contributed by atoms with Crippen LogP contribution in [0.3, 0.4) is 0 Å². The van der Waals surface area contributed by atoms with E-state index in [1.807, 2.05) is 82.3 Å². The molecule has 4 aromatic rings. The second-order valence-corrected chi connectivity index (χ2v) is 11.2. The molecule has 2 aromatic heterocycles. The van der Waals surface area contributed by atoms with Crippen LogP contribution in [0.5, 0.6) is 5.75 Å². The quantitative estimate of drug-likeness (QED) is 0.252. The number of aryl methyl sites for hydroxylation is 1. The number of nitrogens with one attached hydrogen (secondary N) is 1. The van der Waals surface area contributed by atoms with E-state index in [0.29, 0.717) is 21.8 Å². The molecular weight excluding hydrogens is 496 g/mol. The first-order valence-corrected chi connectivity index (χ1v) is 14.0. The summed E-state index contributed by atoms with van der Waals surface area (Å²) in [6, 6.07) is 17.1. The van der Waals surface area contributed by atoms with Gasteiger partial charge in [-0.1, -0.05) is 18.2 Å². The van der Waals surface area contributed by atoms with Crippen LogP contribution in [0.1, 0.15) is 71.7 Å². The third kappa shape index (κ3) is 5.43. The number of nitrogens with zero attached hydrogens (tertiary/aromatic N) is 1. The standard InChI is InChI=1S/C31H32N2O4S/c1-18(2)36-21-15-13-20(14-16-21)26-17-24(22-9-5-7-11-25(22)32-26)29(34)33-30-28(31(35)37-19(3)4)23-10-6-8-12-27(23)38-30/h5,7,9,11,13-19H,6,8,10,12H2,1-4H3,(H,33,34). The molecule has 0 spiro atoms. The summed E-state index contributed by atoms with van der Waals surface area (Å²) in [6.45, 7) is 7.64. The van der Waals surface area contributed by atoms with Crippen molar-refractivity contribution >= 4 is 39.1 Å². The van der Waals surface area contributed by atoms with Gasteiger partial charge in [0.2, 0.25) is 0 Å². The Morgan fingerprint density at radius 2 is 1.68 bits per heavy atom. The summed E-state index contributed by atoms with van der Waals surface area (Å²) < 4.78 is 11.3. The number of fused-ring (bicyclic) bond motifs is 2. The molecule has 1 aliphatic rings. The fraction of sp³-hybridized carbons (Fsp3) is 0.323. The van der Waals surface area contributed by atoms with Crippen molar-refractivity contribution in [1.82, 2.24) is 4.98 Å². The van der Waals surface area contributed by atoms with E-state index in [1.165, 1.54) is 11.3 Å². The van der Waals surface area contributed by atoms with Gasteiger partial charge in [0.15, 0.2) is 0 Å². The number of carbonyl (C=O) groups excluding carboxylic acids is 2. The van der Waals surface area contributed by atoms with Gasteiger partial charge in [-0.3, -0.25) is 4.79 Å². The smallest absolute Gasteiger partial charge is 0.341 e. The zero-order valence-electron chi connectivity index (χ0n) is 22.2. The first-order chi connectivity index (χ1) is 18.3. The summed E-state index contributed by atoms with van der Waals surface area (Å²) in [4.78, 5) is 32.9. The molecule has 0 unspecified atom stereocenters. The second kappa shape index (κ2) is 11.0. The molecule has 0 fully saturated rings. The minimum absolute atomic E-state index is 0.0839. The first kappa shape index (κ1) is 25.9. The van der Waals surface area contributed by atoms with Crippen molar-refractivity contribution < 1.29 is 19.1 Å². The lowest BCUT2D eigenvalue weighted by atomic mass is 9.95. The van der Waals surface area contributed by atoms with Crippen molar-refractivity contribution in [1.29, 1.82) is 0 Å². The Kier molecular flexibility index (Phi) is 7.47. The van der Waals surface area contributed by atoms with Crippen molar-refractivity contribution in [3.63, 3.8) is 0 Å². The van der Waals surface area contributed by atoms with Crippen LogP contribution in [0.25, 0.3) is 22.2 Å². The van der Waals surface area contributed by atoms with E-state index in [9.17, 15) is 9.59 Å². The number of esters is 1. The van der Waals surface area contributed by atoms with Crippen molar-refractivity contribution in [3.8, 4) is 17.0 Å². The molecule has 0 bridgehead atoms. The number of anilines is 1. The SMILES string of the molecule is CC(C)OC(=O)c1c(NC(=O)c2cc(-c3ccc(OC(C)C)cc3)nc3ccccc23)sc2c1CCCC2. The number of hydrogen-bond acceptors (Lipinski definition) is 6. The number of hydrogen-bond donors (Lipinski definition) is 1. The highest BCUT2D eigenvalue weighted by Gasteiger charge is 2.28. The number of amides is 1. The maximum absolute atomic E-state index is 13.8. The van der Waals surface area contributed by atoms with Crippen LogP contribution in [0.4, 0.5) is 5.00 Å². The zero-order valence-corrected chi connectivity index (χ0v) is 23.0. The molecule has 2 heterocycles. The fourth-order valence-electron chi connectivity index (χ4n) is 4.80. The summed E-state index contributed by atoms with van der Waals surface area (Å²) in [5.41, 5.74) is 4.33. The van der Waals surface area contributed by atoms with Crippen molar-refractivity contribution in [2.75, 3.05) is 5.32 Å². The Morgan fingerprint density at radius 1 is 0.947 bits per heavy atom. The topological polar surface area (TPSA) is 77.5 Å². The average molecular weight is 529 g/mol. The lowest BCUT2D eigenvalue weighted by Gasteiger charge is -2.14. The van der Waals surface area contributed by atoms with Gasteiger partial charge >= 0.3 is 5.97 Å². The number of thiophene rings is 1. The van der Waals surface area contributed by atoms with Crippen molar-refractivity contribution in [2.24, 2.45) is 0 Å². The Balaban J connectivity index is 1.53. The highest BCUT2D eigenvalue weighted by Crippen LogP contribution is 2.39. The molecule has 0 saturated carbocycles. The van der Waals surface area contributed by atoms with E-state index in [4.69, 9.17) is 14.5 Å². The van der Waals surface area contributed by atoms with Crippen LogP contribution >= 0.6 is 11.3 Å². The number of ether oxygens (including phenoxy) is 2. The highest BCUT2D eigenvalue weighted by molar-refractivity contribution is 7.17. The van der Waals surface area contributed by atoms with Crippen LogP contribution in [0, 0.1) is 0 Å². The minimum Gasteiger partial charge on any atom is -0.491 e. The molecule has 1 N–H and O–H groups in total. The average Bonchev–Trinajstić information content (AvgIpc) is 3.25. The summed E-state index contributed by atoms with van der Waals surface area (Å²) in [7, 11) is 0. The zero-order chi connectivity index (χ0) is 26.8. The third-order valence-electron chi connectivity index (χ3n) is 6.43. The Morgan fingerprint density at radius 3 is 2.42 bits per heavy atom. The van der Waals surface area contributed by atoms with Gasteiger partial charge in [-0.15, -0.1) is 11.3 Å². The maximum atomic E-state index is 13.8. The van der Waals surface area contributed by atoms with Gasteiger partial charge in [-0.05, 0) is 95.3 Å². The number of benzene rings is 2. The van der Waals surface area contributed by atoms with Crippen LogP contribution in [0.15, 0.2) is 54.6 Å². The van der Waals surface area contributed by atoms with Gasteiger partial charge in [-0.25, -0.2) is 9.78 Å². The molecule has 2 aromatic carbocycles. The molecule has 0 radical (unpaired) electrons. The summed E-state index contributed by atoms with van der Waals surface area (Å²) in [6.07, 6.45) is 3.69. The van der Waals surface area contributed by atoms with Crippen LogP contribution in [-0.2, 0) is 17.6 Å². The van der Waals surface area contributed by atoms with E-state index in [2.05, 4.69) is 5.32 Å². The van der Waals surface area contributed by atoms with E-state index in [-0.39, 0.29) is 24.1 Å². The molecular formula is C31H32N2O4S. The molecule has 38 heavy (non-hydrogen) atoms. The minimum atomic E-state index is -0.376. The number of rotatable bonds is 7. The van der Waals surface area contributed by atoms with Gasteiger partial charge < -0.3 is 14.8 Å². The number of pyridine rings is 1. The third-order valence-corrected chi connectivity index (χ3v) is 7.64. The fourth-order valence-corrected chi connectivity index (χ4v) is 6.07. The maximum Gasteiger partial charge on any atom is 0.341 e. The van der Waals surface area contributed by atoms with Crippen LogP contribution in [0.2, 0.25) is 0 Å².